The van der Waals surface area contributed by atoms with Crippen molar-refractivity contribution in [3.8, 4) is 0 Å². The minimum Gasteiger partial charge on any atom is -0.332 e. The molecule has 0 aliphatic carbocycles. The molecule has 0 fully saturated rings. The van der Waals surface area contributed by atoms with Crippen molar-refractivity contribution in [2.24, 2.45) is 0 Å². The van der Waals surface area contributed by atoms with Crippen LogP contribution in [0.5, 0.6) is 0 Å². The molecule has 0 aromatic carbocycles. The van der Waals surface area contributed by atoms with E-state index in [-0.39, 0.29) is 0 Å². The summed E-state index contributed by atoms with van der Waals surface area (Å²) in [6.07, 6.45) is 23.4. The largest absolute Gasteiger partial charge is 0.332 e. The van der Waals surface area contributed by atoms with Crippen LogP contribution in [0.1, 0.15) is 135 Å². The Morgan fingerprint density at radius 1 is 0.760 bits per heavy atom. The summed E-state index contributed by atoms with van der Waals surface area (Å²) in [5.74, 6) is 1.90. The molecule has 0 aliphatic rings. The number of hydrogen-bond donors (Lipinski definition) is 0. The van der Waals surface area contributed by atoms with Crippen molar-refractivity contribution < 1.29 is 0 Å². The summed E-state index contributed by atoms with van der Waals surface area (Å²) in [6.45, 7) is 9.30. The molecule has 0 spiro atoms. The monoisotopic (exact) mass is 348 g/mol. The molecule has 0 amide bonds. The molecule has 0 saturated carbocycles. The predicted octanol–water partition coefficient (Wildman–Crippen LogP) is 8.05. The smallest absolute Gasteiger partial charge is 0.111 e. The summed E-state index contributed by atoms with van der Waals surface area (Å²) in [5, 5.41) is 0. The van der Waals surface area contributed by atoms with Gasteiger partial charge in [-0.2, -0.15) is 0 Å². The number of imidazole rings is 1. The SMILES string of the molecule is CCCCCCCCCCC(C)n1ccnc1C(C)CCCCCC. The molecule has 146 valence electrons. The topological polar surface area (TPSA) is 17.8 Å². The van der Waals surface area contributed by atoms with Crippen molar-refractivity contribution >= 4 is 0 Å². The van der Waals surface area contributed by atoms with Gasteiger partial charge in [0, 0.05) is 24.4 Å². The Bertz CT molecular complexity index is 410. The summed E-state index contributed by atoms with van der Waals surface area (Å²) in [5.41, 5.74) is 0. The van der Waals surface area contributed by atoms with Crippen LogP contribution >= 0.6 is 0 Å². The van der Waals surface area contributed by atoms with Crippen molar-refractivity contribution in [3.63, 3.8) is 0 Å². The molecular weight excluding hydrogens is 304 g/mol. The van der Waals surface area contributed by atoms with Gasteiger partial charge in [0.1, 0.15) is 5.82 Å². The average Bonchev–Trinajstić information content (AvgIpc) is 3.10. The van der Waals surface area contributed by atoms with Crippen LogP contribution in [-0.4, -0.2) is 9.55 Å². The first-order chi connectivity index (χ1) is 12.2. The summed E-state index contributed by atoms with van der Waals surface area (Å²) in [6, 6.07) is 0.593. The molecule has 25 heavy (non-hydrogen) atoms. The van der Waals surface area contributed by atoms with E-state index in [1.807, 2.05) is 6.20 Å². The van der Waals surface area contributed by atoms with E-state index in [1.165, 1.54) is 95.7 Å². The molecule has 1 heterocycles. The first-order valence-corrected chi connectivity index (χ1v) is 11.2. The minimum absolute atomic E-state index is 0.591. The van der Waals surface area contributed by atoms with Crippen LogP contribution in [0.3, 0.4) is 0 Å². The van der Waals surface area contributed by atoms with Crippen molar-refractivity contribution in [1.29, 1.82) is 0 Å². The van der Waals surface area contributed by atoms with Crippen LogP contribution in [0.25, 0.3) is 0 Å². The highest BCUT2D eigenvalue weighted by molar-refractivity contribution is 5.00. The maximum absolute atomic E-state index is 4.69. The third-order valence-corrected chi connectivity index (χ3v) is 5.58. The number of nitrogens with zero attached hydrogens (tertiary/aromatic N) is 2. The van der Waals surface area contributed by atoms with E-state index in [2.05, 4.69) is 43.4 Å². The van der Waals surface area contributed by atoms with Crippen LogP contribution in [0.4, 0.5) is 0 Å². The zero-order chi connectivity index (χ0) is 18.3. The molecule has 0 N–H and O–H groups in total. The van der Waals surface area contributed by atoms with Gasteiger partial charge >= 0.3 is 0 Å². The van der Waals surface area contributed by atoms with E-state index in [0.717, 1.165) is 0 Å². The molecule has 1 aromatic heterocycles. The van der Waals surface area contributed by atoms with E-state index in [4.69, 9.17) is 0 Å². The Morgan fingerprint density at radius 2 is 1.28 bits per heavy atom. The molecule has 2 unspecified atom stereocenters. The van der Waals surface area contributed by atoms with Gasteiger partial charge in [-0.15, -0.1) is 0 Å². The standard InChI is InChI=1S/C23H44N2/c1-5-7-9-11-12-13-14-16-18-22(4)25-20-19-24-23(25)21(3)17-15-10-8-6-2/h19-22H,5-18H2,1-4H3. The van der Waals surface area contributed by atoms with Gasteiger partial charge in [0.25, 0.3) is 0 Å². The first-order valence-electron chi connectivity index (χ1n) is 11.2. The zero-order valence-electron chi connectivity index (χ0n) is 17.6. The van der Waals surface area contributed by atoms with Crippen LogP contribution in [-0.2, 0) is 0 Å². The lowest BCUT2D eigenvalue weighted by Gasteiger charge is -2.20. The van der Waals surface area contributed by atoms with Crippen LogP contribution < -0.4 is 0 Å². The Morgan fingerprint density at radius 3 is 1.92 bits per heavy atom. The molecule has 1 rings (SSSR count). The lowest BCUT2D eigenvalue weighted by Crippen LogP contribution is -2.11. The fraction of sp³-hybridized carbons (Fsp3) is 0.870. The van der Waals surface area contributed by atoms with Crippen LogP contribution in [0, 0.1) is 0 Å². The number of rotatable bonds is 16. The van der Waals surface area contributed by atoms with Gasteiger partial charge in [0.15, 0.2) is 0 Å². The molecule has 2 heteroatoms. The van der Waals surface area contributed by atoms with E-state index in [1.54, 1.807) is 0 Å². The maximum Gasteiger partial charge on any atom is 0.111 e. The molecule has 0 saturated heterocycles. The summed E-state index contributed by atoms with van der Waals surface area (Å²) >= 11 is 0. The van der Waals surface area contributed by atoms with Crippen molar-refractivity contribution in [3.05, 3.63) is 18.2 Å². The van der Waals surface area contributed by atoms with Gasteiger partial charge in [-0.25, -0.2) is 4.98 Å². The van der Waals surface area contributed by atoms with Crippen LogP contribution in [0.2, 0.25) is 0 Å². The highest BCUT2D eigenvalue weighted by atomic mass is 15.1. The fourth-order valence-corrected chi connectivity index (χ4v) is 3.80. The quantitative estimate of drug-likeness (QED) is 0.276. The van der Waals surface area contributed by atoms with Gasteiger partial charge in [-0.1, -0.05) is 97.8 Å². The second kappa shape index (κ2) is 14.4. The molecular formula is C23H44N2. The van der Waals surface area contributed by atoms with Gasteiger partial charge in [-0.3, -0.25) is 0 Å². The number of hydrogen-bond acceptors (Lipinski definition) is 1. The zero-order valence-corrected chi connectivity index (χ0v) is 17.6. The van der Waals surface area contributed by atoms with E-state index < -0.39 is 0 Å². The Labute approximate surface area is 157 Å². The van der Waals surface area contributed by atoms with Crippen molar-refractivity contribution in [2.75, 3.05) is 0 Å². The number of aromatic nitrogens is 2. The first kappa shape index (κ1) is 22.3. The molecule has 1 aromatic rings. The fourth-order valence-electron chi connectivity index (χ4n) is 3.80. The summed E-state index contributed by atoms with van der Waals surface area (Å²) < 4.78 is 2.45. The third-order valence-electron chi connectivity index (χ3n) is 5.58. The lowest BCUT2D eigenvalue weighted by atomic mass is 10.0. The molecule has 0 bridgehead atoms. The van der Waals surface area contributed by atoms with Crippen molar-refractivity contribution in [1.82, 2.24) is 9.55 Å². The predicted molar refractivity (Wildman–Crippen MR) is 111 cm³/mol. The van der Waals surface area contributed by atoms with E-state index in [9.17, 15) is 0 Å². The lowest BCUT2D eigenvalue weighted by molar-refractivity contribution is 0.436. The Balaban J connectivity index is 2.24. The Kier molecular flexibility index (Phi) is 12.8. The number of unbranched alkanes of at least 4 members (excludes halogenated alkanes) is 10. The van der Waals surface area contributed by atoms with Crippen molar-refractivity contribution in [2.45, 2.75) is 130 Å². The van der Waals surface area contributed by atoms with Gasteiger partial charge in [0.2, 0.25) is 0 Å². The molecule has 2 nitrogen and oxygen atoms in total. The second-order valence-electron chi connectivity index (χ2n) is 8.06. The molecule has 0 aliphatic heterocycles. The summed E-state index contributed by atoms with van der Waals surface area (Å²) in [4.78, 5) is 4.69. The highest BCUT2D eigenvalue weighted by Gasteiger charge is 2.15. The molecule has 0 radical (unpaired) electrons. The van der Waals surface area contributed by atoms with Gasteiger partial charge in [-0.05, 0) is 19.8 Å². The summed E-state index contributed by atoms with van der Waals surface area (Å²) in [7, 11) is 0. The third kappa shape index (κ3) is 9.47. The highest BCUT2D eigenvalue weighted by Crippen LogP contribution is 2.25. The maximum atomic E-state index is 4.69. The van der Waals surface area contributed by atoms with Gasteiger partial charge in [0.05, 0.1) is 0 Å². The minimum atomic E-state index is 0.591. The second-order valence-corrected chi connectivity index (χ2v) is 8.06. The van der Waals surface area contributed by atoms with E-state index >= 15 is 0 Å². The van der Waals surface area contributed by atoms with Crippen LogP contribution in [0.15, 0.2) is 12.4 Å². The molecule has 2 atom stereocenters. The average molecular weight is 349 g/mol. The van der Waals surface area contributed by atoms with E-state index in [0.29, 0.717) is 12.0 Å². The Hall–Kier alpha value is -0.790. The normalized spacial score (nSPS) is 13.9. The van der Waals surface area contributed by atoms with Gasteiger partial charge < -0.3 is 4.57 Å².